The minimum atomic E-state index is -0.0175. The van der Waals surface area contributed by atoms with Crippen LogP contribution in [0.1, 0.15) is 16.1 Å². The molecule has 3 rings (SSSR count). The van der Waals surface area contributed by atoms with E-state index < -0.39 is 0 Å². The molecule has 2 heterocycles. The first-order chi connectivity index (χ1) is 6.84. The summed E-state index contributed by atoms with van der Waals surface area (Å²) < 4.78 is 1.51. The average Bonchev–Trinajstić information content (AvgIpc) is 2.62. The maximum atomic E-state index is 11.5. The molecule has 2 aromatic rings. The quantitative estimate of drug-likeness (QED) is 0.598. The fourth-order valence-corrected chi connectivity index (χ4v) is 1.53. The largest absolute Gasteiger partial charge is 0.289 e. The molecule has 0 spiro atoms. The van der Waals surface area contributed by atoms with Crippen LogP contribution in [0.4, 0.5) is 0 Å². The smallest absolute Gasteiger partial charge is 0.188 e. The van der Waals surface area contributed by atoms with Crippen molar-refractivity contribution in [3.63, 3.8) is 0 Å². The van der Waals surface area contributed by atoms with E-state index >= 15 is 0 Å². The van der Waals surface area contributed by atoms with Gasteiger partial charge in [-0.25, -0.2) is 9.50 Å². The summed E-state index contributed by atoms with van der Waals surface area (Å²) in [5, 5.41) is 7.51. The molecule has 1 aliphatic carbocycles. The Bertz CT molecular complexity index is 555. The summed E-state index contributed by atoms with van der Waals surface area (Å²) in [4.78, 5) is 15.8. The lowest BCUT2D eigenvalue weighted by atomic mass is 10.0. The Balaban J connectivity index is 2.36. The van der Waals surface area contributed by atoms with Crippen LogP contribution in [0.3, 0.4) is 0 Å². The molecule has 2 aromatic heterocycles. The fourth-order valence-electron chi connectivity index (χ4n) is 1.53. The van der Waals surface area contributed by atoms with Crippen LogP contribution < -0.4 is 0 Å². The van der Waals surface area contributed by atoms with E-state index in [0.29, 0.717) is 17.6 Å². The molecule has 0 aliphatic heterocycles. The van der Waals surface area contributed by atoms with Crippen molar-refractivity contribution in [1.29, 1.82) is 0 Å². The van der Waals surface area contributed by atoms with Crippen molar-refractivity contribution in [3.8, 4) is 0 Å². The van der Waals surface area contributed by atoms with Crippen LogP contribution in [0.25, 0.3) is 5.65 Å². The van der Waals surface area contributed by atoms with Gasteiger partial charge in [-0.3, -0.25) is 4.79 Å². The van der Waals surface area contributed by atoms with E-state index in [-0.39, 0.29) is 5.78 Å². The summed E-state index contributed by atoms with van der Waals surface area (Å²) in [5.41, 5.74) is 2.09. The SMILES string of the molecule is O=C1C=CCc2nc3cnnn3cc21. The summed E-state index contributed by atoms with van der Waals surface area (Å²) in [6, 6.07) is 0. The predicted octanol–water partition coefficient (Wildman–Crippen LogP) is 0.419. The molecular weight excluding hydrogens is 180 g/mol. The highest BCUT2D eigenvalue weighted by Crippen LogP contribution is 2.14. The Morgan fingerprint density at radius 3 is 3.29 bits per heavy atom. The number of rotatable bonds is 0. The van der Waals surface area contributed by atoms with Crippen molar-refractivity contribution >= 4 is 11.4 Å². The molecule has 5 heteroatoms. The zero-order chi connectivity index (χ0) is 9.54. The maximum absolute atomic E-state index is 11.5. The Morgan fingerprint density at radius 2 is 2.36 bits per heavy atom. The molecule has 0 saturated heterocycles. The summed E-state index contributed by atoms with van der Waals surface area (Å²) in [6.45, 7) is 0. The second-order valence-electron chi connectivity index (χ2n) is 3.11. The number of ketones is 1. The molecule has 0 amide bonds. The van der Waals surface area contributed by atoms with Gasteiger partial charge in [-0.05, 0) is 6.08 Å². The van der Waals surface area contributed by atoms with Crippen molar-refractivity contribution in [2.75, 3.05) is 0 Å². The molecule has 0 fully saturated rings. The third-order valence-electron chi connectivity index (χ3n) is 2.21. The number of carbonyl (C=O) groups excluding carboxylic acids is 1. The first-order valence-electron chi connectivity index (χ1n) is 4.25. The number of fused-ring (bicyclic) bond motifs is 2. The van der Waals surface area contributed by atoms with Gasteiger partial charge in [0.15, 0.2) is 11.4 Å². The van der Waals surface area contributed by atoms with Crippen molar-refractivity contribution in [2.45, 2.75) is 6.42 Å². The van der Waals surface area contributed by atoms with E-state index in [4.69, 9.17) is 0 Å². The molecule has 0 atom stereocenters. The summed E-state index contributed by atoms with van der Waals surface area (Å²) in [6.07, 6.45) is 7.33. The first kappa shape index (κ1) is 7.37. The molecule has 0 N–H and O–H groups in total. The van der Waals surface area contributed by atoms with Gasteiger partial charge in [0.2, 0.25) is 0 Å². The molecule has 0 radical (unpaired) electrons. The zero-order valence-corrected chi connectivity index (χ0v) is 7.21. The fraction of sp³-hybridized carbons (Fsp3) is 0.111. The topological polar surface area (TPSA) is 60.2 Å². The Kier molecular flexibility index (Phi) is 1.30. The van der Waals surface area contributed by atoms with Crippen LogP contribution in [-0.2, 0) is 6.42 Å². The molecule has 5 nitrogen and oxygen atoms in total. The van der Waals surface area contributed by atoms with E-state index in [2.05, 4.69) is 15.3 Å². The van der Waals surface area contributed by atoms with E-state index in [1.165, 1.54) is 4.52 Å². The Morgan fingerprint density at radius 1 is 1.43 bits per heavy atom. The van der Waals surface area contributed by atoms with Crippen LogP contribution in [0, 0.1) is 0 Å². The minimum Gasteiger partial charge on any atom is -0.289 e. The highest BCUT2D eigenvalue weighted by atomic mass is 16.1. The first-order valence-corrected chi connectivity index (χ1v) is 4.25. The van der Waals surface area contributed by atoms with Gasteiger partial charge in [0.05, 0.1) is 17.5 Å². The molecule has 14 heavy (non-hydrogen) atoms. The third kappa shape index (κ3) is 0.891. The summed E-state index contributed by atoms with van der Waals surface area (Å²) >= 11 is 0. The second-order valence-corrected chi connectivity index (χ2v) is 3.11. The van der Waals surface area contributed by atoms with Gasteiger partial charge in [0.1, 0.15) is 0 Å². The van der Waals surface area contributed by atoms with Crippen LogP contribution in [0.5, 0.6) is 0 Å². The van der Waals surface area contributed by atoms with Gasteiger partial charge in [-0.2, -0.15) is 0 Å². The van der Waals surface area contributed by atoms with Crippen molar-refractivity contribution in [1.82, 2.24) is 19.8 Å². The van der Waals surface area contributed by atoms with Crippen LogP contribution in [-0.4, -0.2) is 25.6 Å². The predicted molar refractivity (Wildman–Crippen MR) is 48.0 cm³/mol. The molecule has 0 unspecified atom stereocenters. The second kappa shape index (κ2) is 2.47. The number of nitrogens with zero attached hydrogens (tertiary/aromatic N) is 4. The Labute approximate surface area is 79.1 Å². The van der Waals surface area contributed by atoms with Crippen molar-refractivity contribution in [2.24, 2.45) is 0 Å². The van der Waals surface area contributed by atoms with Gasteiger partial charge in [0, 0.05) is 12.6 Å². The van der Waals surface area contributed by atoms with E-state index in [1.807, 2.05) is 6.08 Å². The maximum Gasteiger partial charge on any atom is 0.188 e. The highest BCUT2D eigenvalue weighted by molar-refractivity contribution is 6.06. The van der Waals surface area contributed by atoms with Crippen molar-refractivity contribution in [3.05, 3.63) is 35.8 Å². The number of carbonyl (C=O) groups is 1. The lowest BCUT2D eigenvalue weighted by Gasteiger charge is -2.07. The number of allylic oxidation sites excluding steroid dienone is 2. The van der Waals surface area contributed by atoms with E-state index in [9.17, 15) is 4.79 Å². The molecule has 0 aromatic carbocycles. The van der Waals surface area contributed by atoms with Crippen LogP contribution >= 0.6 is 0 Å². The van der Waals surface area contributed by atoms with Gasteiger partial charge in [-0.1, -0.05) is 11.3 Å². The van der Waals surface area contributed by atoms with Gasteiger partial charge >= 0.3 is 0 Å². The average molecular weight is 186 g/mol. The molecule has 0 bridgehead atoms. The summed E-state index contributed by atoms with van der Waals surface area (Å²) in [7, 11) is 0. The lowest BCUT2D eigenvalue weighted by molar-refractivity contribution is 0.104. The van der Waals surface area contributed by atoms with E-state index in [1.54, 1.807) is 18.5 Å². The summed E-state index contributed by atoms with van der Waals surface area (Å²) in [5.74, 6) is -0.0175. The lowest BCUT2D eigenvalue weighted by Crippen LogP contribution is -2.10. The number of hydrogen-bond donors (Lipinski definition) is 0. The van der Waals surface area contributed by atoms with Crippen LogP contribution in [0.15, 0.2) is 24.5 Å². The molecule has 68 valence electrons. The number of hydrogen-bond acceptors (Lipinski definition) is 4. The normalized spacial score (nSPS) is 14.7. The van der Waals surface area contributed by atoms with Crippen LogP contribution in [0.2, 0.25) is 0 Å². The van der Waals surface area contributed by atoms with E-state index in [0.717, 1.165) is 5.69 Å². The van der Waals surface area contributed by atoms with Gasteiger partial charge in [-0.15, -0.1) is 5.10 Å². The highest BCUT2D eigenvalue weighted by Gasteiger charge is 2.15. The third-order valence-corrected chi connectivity index (χ3v) is 2.21. The standard InChI is InChI=1S/C9H6N4O/c14-8-3-1-2-7-6(8)5-13-9(11-7)4-10-12-13/h1,3-5H,2H2. The van der Waals surface area contributed by atoms with Gasteiger partial charge in [0.25, 0.3) is 0 Å². The Hall–Kier alpha value is -2.04. The number of aromatic nitrogens is 4. The molecule has 1 aliphatic rings. The minimum absolute atomic E-state index is 0.0175. The monoisotopic (exact) mass is 186 g/mol. The van der Waals surface area contributed by atoms with Crippen molar-refractivity contribution < 1.29 is 4.79 Å². The molecule has 0 saturated carbocycles. The molecular formula is C9H6N4O. The zero-order valence-electron chi connectivity index (χ0n) is 7.21. The van der Waals surface area contributed by atoms with Gasteiger partial charge < -0.3 is 0 Å².